The highest BCUT2D eigenvalue weighted by Crippen LogP contribution is 2.54. The highest BCUT2D eigenvalue weighted by atomic mass is 31.2. The molecule has 1 atom stereocenters. The van der Waals surface area contributed by atoms with Gasteiger partial charge in [0, 0.05) is 10.6 Å². The summed E-state index contributed by atoms with van der Waals surface area (Å²) in [7, 11) is -5.02. The van der Waals surface area contributed by atoms with Crippen molar-refractivity contribution in [3.05, 3.63) is 60.7 Å². The molecule has 4 heteroatoms. The van der Waals surface area contributed by atoms with Crippen molar-refractivity contribution >= 4 is 26.1 Å². The third kappa shape index (κ3) is 4.22. The average molecular weight is 389 g/mol. The summed E-state index contributed by atoms with van der Waals surface area (Å²) in [4.78, 5) is 0. The zero-order valence-electron chi connectivity index (χ0n) is 17.2. The Kier molecular flexibility index (Phi) is 6.38. The second-order valence-corrected chi connectivity index (χ2v) is 16.5. The maximum Gasteiger partial charge on any atom is 0.193 e. The summed E-state index contributed by atoms with van der Waals surface area (Å²) in [5, 5.41) is 1.82. The van der Waals surface area contributed by atoms with Crippen molar-refractivity contribution in [2.45, 2.75) is 58.6 Å². The topological polar surface area (TPSA) is 26.3 Å². The number of hydrogen-bond acceptors (Lipinski definition) is 2. The number of benzene rings is 2. The molecular weight excluding hydrogens is 355 g/mol. The molecule has 2 rings (SSSR count). The molecule has 0 amide bonds. The molecule has 0 bridgehead atoms. The smallest absolute Gasteiger partial charge is 0.193 e. The quantitative estimate of drug-likeness (QED) is 0.448. The normalized spacial score (nSPS) is 14.5. The first-order valence-electron chi connectivity index (χ1n) is 9.39. The molecule has 0 radical (unpaired) electrons. The average Bonchev–Trinajstić information content (AvgIpc) is 2.59. The molecule has 0 N–H and O–H groups in total. The van der Waals surface area contributed by atoms with Gasteiger partial charge in [0.05, 0.1) is 0 Å². The summed E-state index contributed by atoms with van der Waals surface area (Å²) in [5.74, 6) is -0.177. The number of hydrogen-bond donors (Lipinski definition) is 0. The molecule has 2 aromatic carbocycles. The lowest BCUT2D eigenvalue weighted by atomic mass is 10.2. The standard InChI is InChI=1S/C22H33O2PSi/c1-18(2)21(24-26(6,7)22(3,4)5)25(23,19-14-10-8-11-15-19)20-16-12-9-13-17-20/h8-18,21H,1-7H3/t21-/m0/s1. The van der Waals surface area contributed by atoms with Gasteiger partial charge >= 0.3 is 0 Å². The lowest BCUT2D eigenvalue weighted by Gasteiger charge is -2.43. The Labute approximate surface area is 160 Å². The van der Waals surface area contributed by atoms with Crippen LogP contribution in [-0.4, -0.2) is 14.2 Å². The highest BCUT2D eigenvalue weighted by molar-refractivity contribution is 7.79. The molecule has 2 aromatic rings. The van der Waals surface area contributed by atoms with Gasteiger partial charge < -0.3 is 8.99 Å². The molecule has 26 heavy (non-hydrogen) atoms. The van der Waals surface area contributed by atoms with Crippen LogP contribution in [0.3, 0.4) is 0 Å². The monoisotopic (exact) mass is 388 g/mol. The van der Waals surface area contributed by atoms with Crippen molar-refractivity contribution in [2.24, 2.45) is 5.92 Å². The Balaban J connectivity index is 2.64. The van der Waals surface area contributed by atoms with Gasteiger partial charge in [0.15, 0.2) is 15.5 Å². The van der Waals surface area contributed by atoms with E-state index in [-0.39, 0.29) is 16.8 Å². The van der Waals surface area contributed by atoms with Gasteiger partial charge in [-0.15, -0.1) is 0 Å². The van der Waals surface area contributed by atoms with Crippen LogP contribution in [0, 0.1) is 5.92 Å². The van der Waals surface area contributed by atoms with E-state index in [1.807, 2.05) is 60.7 Å². The first kappa shape index (κ1) is 21.2. The predicted molar refractivity (Wildman–Crippen MR) is 117 cm³/mol. The second-order valence-electron chi connectivity index (χ2n) is 8.84. The largest absolute Gasteiger partial charge is 0.406 e. The van der Waals surface area contributed by atoms with Crippen LogP contribution < -0.4 is 10.6 Å². The molecule has 142 valence electrons. The Morgan fingerprint density at radius 2 is 1.23 bits per heavy atom. The molecule has 0 aliphatic heterocycles. The Bertz CT molecular complexity index is 705. The summed E-state index contributed by atoms with van der Waals surface area (Å²) in [6.45, 7) is 15.4. The fourth-order valence-corrected chi connectivity index (χ4v) is 8.42. The minimum Gasteiger partial charge on any atom is -0.406 e. The highest BCUT2D eigenvalue weighted by Gasteiger charge is 2.46. The fraction of sp³-hybridized carbons (Fsp3) is 0.455. The third-order valence-corrected chi connectivity index (χ3v) is 13.6. The van der Waals surface area contributed by atoms with Crippen LogP contribution in [0.5, 0.6) is 0 Å². The SMILES string of the molecule is CC(C)[C@@H](O[Si](C)(C)C(C)(C)C)P(=O)(c1ccccc1)c1ccccc1. The molecule has 0 unspecified atom stereocenters. The van der Waals surface area contributed by atoms with Gasteiger partial charge in [-0.2, -0.15) is 0 Å². The fourth-order valence-electron chi connectivity index (χ4n) is 2.85. The maximum absolute atomic E-state index is 14.7. The third-order valence-electron chi connectivity index (χ3n) is 5.43. The summed E-state index contributed by atoms with van der Waals surface area (Å²) in [5.41, 5.74) is 0. The zero-order chi connectivity index (χ0) is 19.6. The van der Waals surface area contributed by atoms with Crippen molar-refractivity contribution in [2.75, 3.05) is 0 Å². The van der Waals surface area contributed by atoms with Crippen LogP contribution in [0.2, 0.25) is 18.1 Å². The summed E-state index contributed by atoms with van der Waals surface area (Å²) >= 11 is 0. The first-order valence-corrected chi connectivity index (χ1v) is 14.1. The van der Waals surface area contributed by atoms with Crippen LogP contribution in [0.25, 0.3) is 0 Å². The van der Waals surface area contributed by atoms with E-state index < -0.39 is 15.5 Å². The first-order chi connectivity index (χ1) is 12.0. The van der Waals surface area contributed by atoms with Gasteiger partial charge in [0.2, 0.25) is 0 Å². The van der Waals surface area contributed by atoms with E-state index in [0.717, 1.165) is 10.6 Å². The van der Waals surface area contributed by atoms with Crippen molar-refractivity contribution < 1.29 is 8.99 Å². The Hall–Kier alpha value is -1.15. The Morgan fingerprint density at radius 3 is 1.54 bits per heavy atom. The minimum absolute atomic E-state index is 0.0678. The molecule has 0 saturated carbocycles. The summed E-state index contributed by atoms with van der Waals surface area (Å²) in [6.07, 6.45) is 0. The van der Waals surface area contributed by atoms with Gasteiger partial charge in [-0.1, -0.05) is 95.3 Å². The second kappa shape index (κ2) is 7.84. The molecule has 0 heterocycles. The minimum atomic E-state index is -2.94. The van der Waals surface area contributed by atoms with Gasteiger partial charge in [0.25, 0.3) is 0 Å². The van der Waals surface area contributed by atoms with Crippen molar-refractivity contribution in [3.63, 3.8) is 0 Å². The zero-order valence-corrected chi connectivity index (χ0v) is 19.1. The van der Waals surface area contributed by atoms with Gasteiger partial charge in [-0.3, -0.25) is 0 Å². The van der Waals surface area contributed by atoms with E-state index in [0.29, 0.717) is 0 Å². The summed E-state index contributed by atoms with van der Waals surface area (Å²) < 4.78 is 21.5. The molecule has 0 aromatic heterocycles. The molecule has 0 aliphatic carbocycles. The van der Waals surface area contributed by atoms with Crippen LogP contribution in [-0.2, 0) is 8.99 Å². The predicted octanol–water partition coefficient (Wildman–Crippen LogP) is 6.00. The van der Waals surface area contributed by atoms with Gasteiger partial charge in [0.1, 0.15) is 5.85 Å². The number of rotatable bonds is 6. The molecule has 2 nitrogen and oxygen atoms in total. The van der Waals surface area contributed by atoms with Gasteiger partial charge in [-0.25, -0.2) is 0 Å². The molecule has 0 saturated heterocycles. The van der Waals surface area contributed by atoms with Crippen LogP contribution in [0.4, 0.5) is 0 Å². The molecule has 0 spiro atoms. The molecular formula is C22H33O2PSi. The van der Waals surface area contributed by atoms with Crippen molar-refractivity contribution in [1.29, 1.82) is 0 Å². The molecule has 0 fully saturated rings. The van der Waals surface area contributed by atoms with Crippen LogP contribution in [0.15, 0.2) is 60.7 Å². The van der Waals surface area contributed by atoms with E-state index in [9.17, 15) is 4.57 Å². The van der Waals surface area contributed by atoms with Crippen molar-refractivity contribution in [1.82, 2.24) is 0 Å². The van der Waals surface area contributed by atoms with E-state index in [2.05, 4.69) is 47.7 Å². The van der Waals surface area contributed by atoms with Crippen molar-refractivity contribution in [3.8, 4) is 0 Å². The molecule has 0 aliphatic rings. The van der Waals surface area contributed by atoms with E-state index in [4.69, 9.17) is 4.43 Å². The Morgan fingerprint density at radius 1 is 0.846 bits per heavy atom. The van der Waals surface area contributed by atoms with E-state index >= 15 is 0 Å². The van der Waals surface area contributed by atoms with Crippen LogP contribution in [0.1, 0.15) is 34.6 Å². The lowest BCUT2D eigenvalue weighted by molar-refractivity contribution is 0.203. The maximum atomic E-state index is 14.7. The van der Waals surface area contributed by atoms with E-state index in [1.54, 1.807) is 0 Å². The van der Waals surface area contributed by atoms with Gasteiger partial charge in [-0.05, 0) is 24.1 Å². The van der Waals surface area contributed by atoms with Crippen LogP contribution >= 0.6 is 7.14 Å². The van der Waals surface area contributed by atoms with E-state index in [1.165, 1.54) is 0 Å². The summed E-state index contributed by atoms with van der Waals surface area (Å²) in [6, 6.07) is 19.7. The lowest BCUT2D eigenvalue weighted by Crippen LogP contribution is -2.47.